The van der Waals surface area contributed by atoms with Gasteiger partial charge in [0, 0.05) is 37.6 Å². The number of benzene rings is 1. The molecule has 1 fully saturated rings. The molecular weight excluding hydrogens is 371 g/mol. The van der Waals surface area contributed by atoms with Gasteiger partial charge in [-0.25, -0.2) is 9.18 Å². The molecule has 1 aliphatic heterocycles. The lowest BCUT2D eigenvalue weighted by Crippen LogP contribution is -2.51. The Morgan fingerprint density at radius 1 is 1.17 bits per heavy atom. The van der Waals surface area contributed by atoms with E-state index in [1.165, 1.54) is 13.0 Å². The number of hydrogen-bond donors (Lipinski definition) is 0. The zero-order chi connectivity index (χ0) is 17.0. The van der Waals surface area contributed by atoms with Crippen LogP contribution in [0.5, 0.6) is 0 Å². The van der Waals surface area contributed by atoms with Crippen LogP contribution in [0.4, 0.5) is 4.39 Å². The maximum atomic E-state index is 13.0. The molecule has 23 heavy (non-hydrogen) atoms. The second-order valence-corrected chi connectivity index (χ2v) is 5.94. The van der Waals surface area contributed by atoms with E-state index in [-0.39, 0.29) is 28.5 Å². The molecule has 0 aliphatic carbocycles. The van der Waals surface area contributed by atoms with E-state index >= 15 is 0 Å². The van der Waals surface area contributed by atoms with E-state index < -0.39 is 11.8 Å². The molecule has 0 aromatic heterocycles. The minimum atomic E-state index is -0.701. The fourth-order valence-corrected chi connectivity index (χ4v) is 2.73. The number of carbonyl (C=O) groups is 3. The molecule has 1 heterocycles. The van der Waals surface area contributed by atoms with Crippen molar-refractivity contribution in [3.63, 3.8) is 0 Å². The molecule has 6 nitrogen and oxygen atoms in total. The second-order valence-electron chi connectivity index (χ2n) is 5.09. The van der Waals surface area contributed by atoms with Crippen LogP contribution in [0.15, 0.2) is 22.7 Å². The lowest BCUT2D eigenvalue weighted by Gasteiger charge is -2.34. The summed E-state index contributed by atoms with van der Waals surface area (Å²) in [4.78, 5) is 38.4. The second kappa shape index (κ2) is 7.54. The van der Waals surface area contributed by atoms with E-state index in [1.54, 1.807) is 9.80 Å². The van der Waals surface area contributed by atoms with E-state index in [0.717, 1.165) is 12.1 Å². The highest BCUT2D eigenvalue weighted by atomic mass is 79.9. The van der Waals surface area contributed by atoms with Gasteiger partial charge in [-0.05, 0) is 34.1 Å². The van der Waals surface area contributed by atoms with Crippen LogP contribution >= 0.6 is 15.9 Å². The number of rotatable bonds is 3. The standard InChI is InChI=1S/C15H16BrFN2O4/c1-10(20)18-4-6-19(7-5-18)14(21)9-23-15(22)12-3-2-11(17)8-13(12)16/h2-3,8H,4-7,9H2,1H3. The maximum Gasteiger partial charge on any atom is 0.339 e. The molecule has 124 valence electrons. The van der Waals surface area contributed by atoms with Crippen LogP contribution in [-0.4, -0.2) is 60.4 Å². The summed E-state index contributed by atoms with van der Waals surface area (Å²) < 4.78 is 18.2. The Morgan fingerprint density at radius 2 is 1.78 bits per heavy atom. The molecule has 1 aliphatic rings. The molecule has 0 unspecified atom stereocenters. The minimum Gasteiger partial charge on any atom is -0.452 e. The normalized spacial score (nSPS) is 14.6. The zero-order valence-electron chi connectivity index (χ0n) is 12.6. The first-order chi connectivity index (χ1) is 10.9. The van der Waals surface area contributed by atoms with Gasteiger partial charge in [-0.1, -0.05) is 0 Å². The minimum absolute atomic E-state index is 0.0234. The summed E-state index contributed by atoms with van der Waals surface area (Å²) in [5.74, 6) is -1.52. The van der Waals surface area contributed by atoms with Gasteiger partial charge >= 0.3 is 5.97 Å². The van der Waals surface area contributed by atoms with Crippen LogP contribution in [-0.2, 0) is 14.3 Å². The third kappa shape index (κ3) is 4.51. The highest BCUT2D eigenvalue weighted by molar-refractivity contribution is 9.10. The molecule has 2 rings (SSSR count). The number of hydrogen-bond acceptors (Lipinski definition) is 4. The average molecular weight is 387 g/mol. The monoisotopic (exact) mass is 386 g/mol. The Hall–Kier alpha value is -1.96. The summed E-state index contributed by atoms with van der Waals surface area (Å²) in [6.45, 7) is 2.87. The van der Waals surface area contributed by atoms with E-state index in [2.05, 4.69) is 15.9 Å². The highest BCUT2D eigenvalue weighted by Gasteiger charge is 2.23. The van der Waals surface area contributed by atoms with Crippen LogP contribution in [0, 0.1) is 5.82 Å². The first-order valence-corrected chi connectivity index (χ1v) is 7.83. The average Bonchev–Trinajstić information content (AvgIpc) is 2.52. The number of amides is 2. The van der Waals surface area contributed by atoms with Crippen LogP contribution < -0.4 is 0 Å². The van der Waals surface area contributed by atoms with Crippen molar-refractivity contribution in [3.8, 4) is 0 Å². The number of ether oxygens (including phenoxy) is 1. The van der Waals surface area contributed by atoms with Crippen molar-refractivity contribution in [1.29, 1.82) is 0 Å². The number of nitrogens with zero attached hydrogens (tertiary/aromatic N) is 2. The topological polar surface area (TPSA) is 66.9 Å². The molecule has 0 bridgehead atoms. The van der Waals surface area contributed by atoms with Gasteiger partial charge in [0.1, 0.15) is 5.82 Å². The van der Waals surface area contributed by atoms with Crippen molar-refractivity contribution in [2.24, 2.45) is 0 Å². The van der Waals surface area contributed by atoms with Crippen molar-refractivity contribution in [3.05, 3.63) is 34.1 Å². The maximum absolute atomic E-state index is 13.0. The quantitative estimate of drug-likeness (QED) is 0.737. The number of carbonyl (C=O) groups excluding carboxylic acids is 3. The van der Waals surface area contributed by atoms with Gasteiger partial charge in [-0.3, -0.25) is 9.59 Å². The summed E-state index contributed by atoms with van der Waals surface area (Å²) in [6, 6.07) is 3.58. The van der Waals surface area contributed by atoms with Crippen molar-refractivity contribution in [1.82, 2.24) is 9.80 Å². The van der Waals surface area contributed by atoms with Gasteiger partial charge in [0.2, 0.25) is 5.91 Å². The Morgan fingerprint density at radius 3 is 2.35 bits per heavy atom. The van der Waals surface area contributed by atoms with Gasteiger partial charge in [0.15, 0.2) is 6.61 Å². The van der Waals surface area contributed by atoms with E-state index in [1.807, 2.05) is 0 Å². The lowest BCUT2D eigenvalue weighted by molar-refractivity contribution is -0.140. The van der Waals surface area contributed by atoms with E-state index in [9.17, 15) is 18.8 Å². The molecule has 1 saturated heterocycles. The molecular formula is C15H16BrFN2O4. The van der Waals surface area contributed by atoms with Gasteiger partial charge < -0.3 is 14.5 Å². The predicted octanol–water partition coefficient (Wildman–Crippen LogP) is 1.44. The van der Waals surface area contributed by atoms with E-state index in [4.69, 9.17) is 4.74 Å². The fourth-order valence-electron chi connectivity index (χ4n) is 2.22. The summed E-state index contributed by atoms with van der Waals surface area (Å²) in [5, 5.41) is 0. The van der Waals surface area contributed by atoms with Gasteiger partial charge in [-0.2, -0.15) is 0 Å². The van der Waals surface area contributed by atoms with Crippen molar-refractivity contribution in [2.75, 3.05) is 32.8 Å². The largest absolute Gasteiger partial charge is 0.452 e. The number of piperazine rings is 1. The first-order valence-electron chi connectivity index (χ1n) is 7.04. The summed E-state index contributed by atoms with van der Waals surface area (Å²) in [5.41, 5.74) is 0.153. The van der Waals surface area contributed by atoms with E-state index in [0.29, 0.717) is 26.2 Å². The Bertz CT molecular complexity index is 630. The number of halogens is 2. The molecule has 1 aromatic rings. The highest BCUT2D eigenvalue weighted by Crippen LogP contribution is 2.19. The molecule has 0 saturated carbocycles. The first kappa shape index (κ1) is 17.4. The third-order valence-corrected chi connectivity index (χ3v) is 4.21. The van der Waals surface area contributed by atoms with Crippen molar-refractivity contribution >= 4 is 33.7 Å². The summed E-state index contributed by atoms with van der Waals surface area (Å²) in [6.07, 6.45) is 0. The molecule has 2 amide bonds. The van der Waals surface area contributed by atoms with Crippen LogP contribution in [0.3, 0.4) is 0 Å². The zero-order valence-corrected chi connectivity index (χ0v) is 14.1. The lowest BCUT2D eigenvalue weighted by atomic mass is 10.2. The SMILES string of the molecule is CC(=O)N1CCN(C(=O)COC(=O)c2ccc(F)cc2Br)CC1. The Balaban J connectivity index is 1.85. The molecule has 0 N–H and O–H groups in total. The Labute approximate surface area is 141 Å². The van der Waals surface area contributed by atoms with Crippen LogP contribution in [0.25, 0.3) is 0 Å². The van der Waals surface area contributed by atoms with Crippen molar-refractivity contribution < 1.29 is 23.5 Å². The fraction of sp³-hybridized carbons (Fsp3) is 0.400. The molecule has 0 spiro atoms. The van der Waals surface area contributed by atoms with Gasteiger partial charge in [-0.15, -0.1) is 0 Å². The third-order valence-electron chi connectivity index (χ3n) is 3.56. The number of esters is 1. The Kier molecular flexibility index (Phi) is 5.70. The molecule has 8 heteroatoms. The van der Waals surface area contributed by atoms with Gasteiger partial charge in [0.05, 0.1) is 5.56 Å². The van der Waals surface area contributed by atoms with Crippen LogP contribution in [0.2, 0.25) is 0 Å². The summed E-state index contributed by atoms with van der Waals surface area (Å²) >= 11 is 3.08. The molecule has 0 radical (unpaired) electrons. The summed E-state index contributed by atoms with van der Waals surface area (Å²) in [7, 11) is 0. The molecule has 0 atom stereocenters. The van der Waals surface area contributed by atoms with Gasteiger partial charge in [0.25, 0.3) is 5.91 Å². The molecule has 1 aromatic carbocycles. The van der Waals surface area contributed by atoms with Crippen molar-refractivity contribution in [2.45, 2.75) is 6.92 Å². The predicted molar refractivity (Wildman–Crippen MR) is 83.2 cm³/mol. The van der Waals surface area contributed by atoms with Crippen LogP contribution in [0.1, 0.15) is 17.3 Å². The smallest absolute Gasteiger partial charge is 0.339 e.